The third kappa shape index (κ3) is 4.56. The van der Waals surface area contributed by atoms with Crippen molar-refractivity contribution in [3.8, 4) is 5.75 Å². The van der Waals surface area contributed by atoms with E-state index < -0.39 is 0 Å². The first-order chi connectivity index (χ1) is 17.3. The van der Waals surface area contributed by atoms with Crippen LogP contribution in [0.25, 0.3) is 0 Å². The number of hydrogen-bond donors (Lipinski definition) is 1. The van der Waals surface area contributed by atoms with Crippen LogP contribution >= 0.6 is 0 Å². The van der Waals surface area contributed by atoms with Crippen LogP contribution in [0.3, 0.4) is 0 Å². The summed E-state index contributed by atoms with van der Waals surface area (Å²) in [5, 5.41) is 14.9. The van der Waals surface area contributed by atoms with Crippen molar-refractivity contribution in [1.82, 2.24) is 5.32 Å². The highest BCUT2D eigenvalue weighted by molar-refractivity contribution is 5.87. The van der Waals surface area contributed by atoms with E-state index in [9.17, 15) is 14.9 Å². The monoisotopic (exact) mass is 490 g/mol. The molecule has 0 bridgehead atoms. The van der Waals surface area contributed by atoms with Crippen LogP contribution in [-0.2, 0) is 4.79 Å². The van der Waals surface area contributed by atoms with Gasteiger partial charge in [-0.1, -0.05) is 45.1 Å². The molecule has 1 aromatic rings. The Morgan fingerprint density at radius 2 is 1.97 bits per heavy atom. The highest BCUT2D eigenvalue weighted by Gasteiger charge is 2.58. The number of carbonyl (C=O) groups is 1. The molecule has 0 aromatic heterocycles. The Morgan fingerprint density at radius 1 is 1.19 bits per heavy atom. The number of allylic oxidation sites excluding steroid dienone is 5. The van der Waals surface area contributed by atoms with Crippen LogP contribution < -0.4 is 10.1 Å². The van der Waals surface area contributed by atoms with Gasteiger partial charge in [0.25, 0.3) is 0 Å². The van der Waals surface area contributed by atoms with Crippen molar-refractivity contribution in [3.63, 3.8) is 0 Å². The van der Waals surface area contributed by atoms with Crippen LogP contribution in [0.2, 0.25) is 0 Å². The minimum Gasteiger partial charge on any atom is -0.492 e. The first kappa shape index (κ1) is 24.9. The van der Waals surface area contributed by atoms with Gasteiger partial charge in [-0.15, -0.1) is 0 Å². The van der Waals surface area contributed by atoms with Crippen LogP contribution in [0.5, 0.6) is 5.75 Å². The molecule has 0 spiro atoms. The second-order valence-corrected chi connectivity index (χ2v) is 11.5. The lowest BCUT2D eigenvalue weighted by atomic mass is 9.51. The lowest BCUT2D eigenvalue weighted by Crippen LogP contribution is -2.47. The third-order valence-electron chi connectivity index (χ3n) is 9.10. The Hall–Kier alpha value is -2.73. The van der Waals surface area contributed by atoms with Crippen LogP contribution in [0.4, 0.5) is 0 Å². The van der Waals surface area contributed by atoms with Gasteiger partial charge in [0.1, 0.15) is 18.1 Å². The first-order valence-corrected chi connectivity index (χ1v) is 13.5. The Labute approximate surface area is 214 Å². The number of fused-ring (bicyclic) bond motifs is 4. The number of rotatable bonds is 7. The number of carbonyl (C=O) groups excluding carboxylic acids is 1. The maximum absolute atomic E-state index is 13.1. The quantitative estimate of drug-likeness (QED) is 0.289. The van der Waals surface area contributed by atoms with Gasteiger partial charge in [0.05, 0.1) is 11.3 Å². The van der Waals surface area contributed by atoms with Crippen molar-refractivity contribution >= 4 is 5.78 Å². The van der Waals surface area contributed by atoms with E-state index in [2.05, 4.69) is 56.4 Å². The van der Waals surface area contributed by atoms with E-state index in [0.29, 0.717) is 43.1 Å². The fourth-order valence-electron chi connectivity index (χ4n) is 7.41. The number of Topliss-reactive ketones (excluding diaryl/α,β-unsaturated/α-hetero) is 1. The molecule has 0 saturated heterocycles. The van der Waals surface area contributed by atoms with E-state index in [4.69, 9.17) is 4.74 Å². The van der Waals surface area contributed by atoms with E-state index in [0.717, 1.165) is 43.6 Å². The zero-order valence-electron chi connectivity index (χ0n) is 21.7. The summed E-state index contributed by atoms with van der Waals surface area (Å²) in [4.78, 5) is 24.5. The zero-order valence-corrected chi connectivity index (χ0v) is 21.7. The Bertz CT molecular complexity index is 1120. The summed E-state index contributed by atoms with van der Waals surface area (Å²) in [5.41, 5.74) is 3.61. The van der Waals surface area contributed by atoms with E-state index in [1.165, 1.54) is 11.1 Å². The molecule has 4 aliphatic rings. The van der Waals surface area contributed by atoms with Gasteiger partial charge in [0.2, 0.25) is 5.70 Å². The van der Waals surface area contributed by atoms with E-state index in [1.807, 2.05) is 12.2 Å². The van der Waals surface area contributed by atoms with Crippen LogP contribution in [0.15, 0.2) is 59.3 Å². The second kappa shape index (κ2) is 9.97. The van der Waals surface area contributed by atoms with E-state index in [-0.39, 0.29) is 27.9 Å². The summed E-state index contributed by atoms with van der Waals surface area (Å²) < 4.78 is 5.94. The lowest BCUT2D eigenvalue weighted by Gasteiger charge is -2.52. The first-order valence-electron chi connectivity index (χ1n) is 13.5. The minimum atomic E-state index is -0.280. The molecule has 2 fully saturated rings. The van der Waals surface area contributed by atoms with Crippen molar-refractivity contribution < 1.29 is 14.5 Å². The molecule has 192 valence electrons. The standard InChI is InChI=1S/C30H38N2O4/c1-19(2)31-15-16-36-23-10-7-20(8-11-23)26-18-30(3)27(13-14-28(30)33)25-12-9-21-17-22(32(34)35)5-4-6-24(21)29(25)26/h4,6-8,10-11,17,19,25-27,29,31H,5,9,12-16,18H2,1-3H3/t25?,26?,27?,29?,30-/m0/s1. The van der Waals surface area contributed by atoms with Gasteiger partial charge >= 0.3 is 0 Å². The fraction of sp³-hybridized carbons (Fsp3) is 0.567. The summed E-state index contributed by atoms with van der Waals surface area (Å²) in [6.07, 6.45) is 10.7. The van der Waals surface area contributed by atoms with Crippen LogP contribution in [0, 0.1) is 33.3 Å². The normalized spacial score (nSPS) is 31.4. The van der Waals surface area contributed by atoms with Crippen molar-refractivity contribution in [1.29, 1.82) is 0 Å². The second-order valence-electron chi connectivity index (χ2n) is 11.5. The van der Waals surface area contributed by atoms with Crippen molar-refractivity contribution in [2.75, 3.05) is 13.2 Å². The summed E-state index contributed by atoms with van der Waals surface area (Å²) in [7, 11) is 0. The van der Waals surface area contributed by atoms with Crippen molar-refractivity contribution in [2.24, 2.45) is 23.2 Å². The summed E-state index contributed by atoms with van der Waals surface area (Å²) in [6.45, 7) is 7.86. The molecule has 5 atom stereocenters. The smallest absolute Gasteiger partial charge is 0.250 e. The number of nitro groups is 1. The molecule has 0 radical (unpaired) electrons. The van der Waals surface area contributed by atoms with Crippen molar-refractivity contribution in [3.05, 3.63) is 75.0 Å². The molecular weight excluding hydrogens is 452 g/mol. The topological polar surface area (TPSA) is 81.5 Å². The average Bonchev–Trinajstić information content (AvgIpc) is 3.02. The lowest BCUT2D eigenvalue weighted by molar-refractivity contribution is -0.426. The average molecular weight is 491 g/mol. The molecule has 6 heteroatoms. The van der Waals surface area contributed by atoms with E-state index in [1.54, 1.807) is 0 Å². The third-order valence-corrected chi connectivity index (χ3v) is 9.10. The van der Waals surface area contributed by atoms with Gasteiger partial charge in [0, 0.05) is 30.5 Å². The Kier molecular flexibility index (Phi) is 6.90. The maximum Gasteiger partial charge on any atom is 0.250 e. The molecule has 6 nitrogen and oxygen atoms in total. The minimum absolute atomic E-state index is 0.204. The van der Waals surface area contributed by atoms with Gasteiger partial charge in [-0.2, -0.15) is 0 Å². The molecule has 5 rings (SSSR count). The summed E-state index contributed by atoms with van der Waals surface area (Å²) in [5.74, 6) is 2.57. The molecular formula is C30H38N2O4. The Balaban J connectivity index is 1.47. The molecule has 1 aromatic carbocycles. The molecule has 2 saturated carbocycles. The Morgan fingerprint density at radius 3 is 2.69 bits per heavy atom. The number of nitrogens with one attached hydrogen (secondary N) is 1. The molecule has 0 aliphatic heterocycles. The van der Waals surface area contributed by atoms with Crippen LogP contribution in [0.1, 0.15) is 70.8 Å². The number of ketones is 1. The predicted molar refractivity (Wildman–Crippen MR) is 140 cm³/mol. The summed E-state index contributed by atoms with van der Waals surface area (Å²) >= 11 is 0. The zero-order chi connectivity index (χ0) is 25.4. The molecule has 0 amide bonds. The number of ether oxygens (including phenoxy) is 1. The van der Waals surface area contributed by atoms with Gasteiger partial charge in [-0.25, -0.2) is 0 Å². The van der Waals surface area contributed by atoms with Gasteiger partial charge in [-0.3, -0.25) is 14.9 Å². The number of benzene rings is 1. The van der Waals surface area contributed by atoms with Gasteiger partial charge in [-0.05, 0) is 78.2 Å². The van der Waals surface area contributed by atoms with Crippen molar-refractivity contribution in [2.45, 2.75) is 71.3 Å². The largest absolute Gasteiger partial charge is 0.492 e. The van der Waals surface area contributed by atoms with Gasteiger partial charge in [0.15, 0.2) is 0 Å². The number of hydrogen-bond acceptors (Lipinski definition) is 5. The predicted octanol–water partition coefficient (Wildman–Crippen LogP) is 5.98. The van der Waals surface area contributed by atoms with Gasteiger partial charge < -0.3 is 10.1 Å². The molecule has 36 heavy (non-hydrogen) atoms. The number of nitrogens with zero attached hydrogens (tertiary/aromatic N) is 1. The SMILES string of the molecule is CC(C)NCCOc1ccc(C2C[C@]3(C)C(=O)CCC3C3CCC4=C(C=CCC([N+](=O)[O-])=C4)C23)cc1. The molecule has 4 unspecified atom stereocenters. The van der Waals surface area contributed by atoms with Crippen LogP contribution in [-0.4, -0.2) is 29.9 Å². The molecule has 4 aliphatic carbocycles. The molecule has 0 heterocycles. The summed E-state index contributed by atoms with van der Waals surface area (Å²) in [6, 6.07) is 8.88. The fourth-order valence-corrected chi connectivity index (χ4v) is 7.41. The highest BCUT2D eigenvalue weighted by Crippen LogP contribution is 2.63. The highest BCUT2D eigenvalue weighted by atomic mass is 16.6. The maximum atomic E-state index is 13.1. The van der Waals surface area contributed by atoms with E-state index >= 15 is 0 Å². The molecule has 1 N–H and O–H groups in total.